The van der Waals surface area contributed by atoms with Crippen LogP contribution in [0, 0.1) is 5.92 Å². The molecule has 0 saturated heterocycles. The number of hydrogen-bond acceptors (Lipinski definition) is 1. The molecule has 8 heteroatoms. The third kappa shape index (κ3) is 3.16. The minimum Gasteiger partial charge on any atom is -0.660 e. The van der Waals surface area contributed by atoms with E-state index in [1.54, 1.807) is 6.92 Å². The van der Waals surface area contributed by atoms with Crippen LogP contribution in [0.3, 0.4) is 0 Å². The first-order chi connectivity index (χ1) is 8.54. The van der Waals surface area contributed by atoms with Gasteiger partial charge in [-0.05, 0) is 12.8 Å². The van der Waals surface area contributed by atoms with Crippen LogP contribution in [0.2, 0.25) is 0 Å². The first-order valence-corrected chi connectivity index (χ1v) is 6.06. The summed E-state index contributed by atoms with van der Waals surface area (Å²) in [5.41, 5.74) is -4.61. The van der Waals surface area contributed by atoms with Crippen LogP contribution in [0.5, 0.6) is 0 Å². The molecule has 0 aromatic rings. The Kier molecular flexibility index (Phi) is 4.77. The van der Waals surface area contributed by atoms with Gasteiger partial charge in [0.05, 0.1) is 0 Å². The smallest absolute Gasteiger partial charge is 0.426 e. The van der Waals surface area contributed by atoms with E-state index in [0.717, 1.165) is 0 Å². The largest absolute Gasteiger partial charge is 0.660 e. The highest BCUT2D eigenvalue weighted by Crippen LogP contribution is 2.51. The Bertz CT molecular complexity index is 279. The van der Waals surface area contributed by atoms with E-state index in [2.05, 4.69) is 5.32 Å². The Balaban J connectivity index is 2.86. The van der Waals surface area contributed by atoms with E-state index in [0.29, 0.717) is 6.54 Å². The maximum atomic E-state index is 12.6. The van der Waals surface area contributed by atoms with E-state index in [1.165, 1.54) is 0 Å². The summed E-state index contributed by atoms with van der Waals surface area (Å²) >= 11 is 0. The number of halogens is 6. The van der Waals surface area contributed by atoms with Gasteiger partial charge in [0.15, 0.2) is 0 Å². The molecular formula is C11H16F6NO-. The molecule has 114 valence electrons. The summed E-state index contributed by atoms with van der Waals surface area (Å²) in [7, 11) is 0. The highest BCUT2D eigenvalue weighted by molar-refractivity contribution is 5.03. The monoisotopic (exact) mass is 292 g/mol. The van der Waals surface area contributed by atoms with Crippen molar-refractivity contribution >= 4 is 0 Å². The Labute approximate surface area is 107 Å². The van der Waals surface area contributed by atoms with Crippen LogP contribution < -0.4 is 0 Å². The average molecular weight is 292 g/mol. The first kappa shape index (κ1) is 16.6. The topological polar surface area (TPSA) is 34.3 Å². The molecule has 19 heavy (non-hydrogen) atoms. The molecule has 1 aliphatic rings. The fourth-order valence-electron chi connectivity index (χ4n) is 2.56. The van der Waals surface area contributed by atoms with Gasteiger partial charge < -0.3 is 10.4 Å². The minimum absolute atomic E-state index is 0.146. The number of hydrogen-bond donors (Lipinski definition) is 1. The van der Waals surface area contributed by atoms with Crippen molar-refractivity contribution in [1.82, 2.24) is 0 Å². The maximum Gasteiger partial charge on any atom is 0.426 e. The van der Waals surface area contributed by atoms with E-state index in [-0.39, 0.29) is 31.7 Å². The highest BCUT2D eigenvalue weighted by atomic mass is 19.4. The van der Waals surface area contributed by atoms with Crippen molar-refractivity contribution in [3.8, 4) is 0 Å². The van der Waals surface area contributed by atoms with Crippen LogP contribution in [0.4, 0.5) is 26.3 Å². The predicted molar refractivity (Wildman–Crippen MR) is 56.7 cm³/mol. The summed E-state index contributed by atoms with van der Waals surface area (Å²) < 4.78 is 75.8. The van der Waals surface area contributed by atoms with Gasteiger partial charge in [-0.15, -0.1) is 6.04 Å². The van der Waals surface area contributed by atoms with Crippen LogP contribution in [0.25, 0.3) is 5.32 Å². The zero-order valence-electron chi connectivity index (χ0n) is 10.4. The Morgan fingerprint density at radius 1 is 0.947 bits per heavy atom. The molecule has 1 saturated carbocycles. The van der Waals surface area contributed by atoms with Crippen molar-refractivity contribution < 1.29 is 31.4 Å². The molecule has 0 bridgehead atoms. The molecule has 1 fully saturated rings. The molecule has 1 N–H and O–H groups in total. The molecule has 0 spiro atoms. The number of alkyl halides is 6. The Morgan fingerprint density at radius 3 is 1.68 bits per heavy atom. The lowest BCUT2D eigenvalue weighted by Gasteiger charge is -2.44. The molecular weight excluding hydrogens is 276 g/mol. The molecule has 1 rings (SSSR count). The second-order valence-corrected chi connectivity index (χ2v) is 4.77. The summed E-state index contributed by atoms with van der Waals surface area (Å²) in [5, 5.41) is 13.3. The van der Waals surface area contributed by atoms with Crippen molar-refractivity contribution in [2.24, 2.45) is 5.92 Å². The molecule has 0 aliphatic heterocycles. The van der Waals surface area contributed by atoms with E-state index >= 15 is 0 Å². The lowest BCUT2D eigenvalue weighted by molar-refractivity contribution is -0.387. The number of nitrogens with zero attached hydrogens (tertiary/aromatic N) is 1. The quantitative estimate of drug-likeness (QED) is 0.789. The molecule has 0 aromatic heterocycles. The fourth-order valence-corrected chi connectivity index (χ4v) is 2.56. The van der Waals surface area contributed by atoms with Gasteiger partial charge in [-0.2, -0.15) is 32.9 Å². The van der Waals surface area contributed by atoms with Crippen LogP contribution in [-0.2, 0) is 0 Å². The Morgan fingerprint density at radius 2 is 1.37 bits per heavy atom. The van der Waals surface area contributed by atoms with E-state index in [9.17, 15) is 31.4 Å². The van der Waals surface area contributed by atoms with Gasteiger partial charge in [-0.1, -0.05) is 19.8 Å². The standard InChI is InChI=1S/C11H16F6NO/c1-2-18-8-5-3-7(4-6-8)9(19,10(12,13)14)11(15,16)17/h7-8,19H,2-6H2,1H3/q-1. The number of aliphatic hydroxyl groups is 1. The summed E-state index contributed by atoms with van der Waals surface area (Å²) in [5.74, 6) is -1.85. The average Bonchev–Trinajstić information content (AvgIpc) is 2.26. The molecule has 0 heterocycles. The van der Waals surface area contributed by atoms with E-state index in [4.69, 9.17) is 0 Å². The molecule has 0 aromatic carbocycles. The summed E-state index contributed by atoms with van der Waals surface area (Å²) in [6, 6.07) is -0.202. The molecule has 0 radical (unpaired) electrons. The van der Waals surface area contributed by atoms with Crippen LogP contribution >= 0.6 is 0 Å². The summed E-state index contributed by atoms with van der Waals surface area (Å²) in [6.07, 6.45) is -11.8. The second-order valence-electron chi connectivity index (χ2n) is 4.77. The zero-order valence-corrected chi connectivity index (χ0v) is 10.4. The van der Waals surface area contributed by atoms with Crippen LogP contribution in [0.1, 0.15) is 32.6 Å². The summed E-state index contributed by atoms with van der Waals surface area (Å²) in [4.78, 5) is 0. The molecule has 0 unspecified atom stereocenters. The Hall–Kier alpha value is -0.500. The van der Waals surface area contributed by atoms with Gasteiger partial charge in [-0.3, -0.25) is 0 Å². The van der Waals surface area contributed by atoms with Crippen molar-refractivity contribution in [2.75, 3.05) is 6.54 Å². The van der Waals surface area contributed by atoms with Gasteiger partial charge in [0.25, 0.3) is 5.60 Å². The van der Waals surface area contributed by atoms with E-state index < -0.39 is 23.9 Å². The fraction of sp³-hybridized carbons (Fsp3) is 1.00. The third-order valence-corrected chi connectivity index (χ3v) is 3.59. The molecule has 1 aliphatic carbocycles. The van der Waals surface area contributed by atoms with E-state index in [1.807, 2.05) is 0 Å². The normalized spacial score (nSPS) is 26.5. The van der Waals surface area contributed by atoms with Crippen LogP contribution in [-0.4, -0.2) is 35.6 Å². The minimum atomic E-state index is -5.72. The lowest BCUT2D eigenvalue weighted by Crippen LogP contribution is -2.62. The molecule has 0 atom stereocenters. The van der Waals surface area contributed by atoms with Crippen molar-refractivity contribution in [2.45, 2.75) is 56.6 Å². The first-order valence-electron chi connectivity index (χ1n) is 6.06. The number of rotatable bonds is 3. The van der Waals surface area contributed by atoms with Gasteiger partial charge in [0.1, 0.15) is 0 Å². The highest BCUT2D eigenvalue weighted by Gasteiger charge is 2.73. The SMILES string of the molecule is CC[N-]C1CCC(C(O)(C(F)(F)F)C(F)(F)F)CC1. The van der Waals surface area contributed by atoms with Crippen molar-refractivity contribution in [3.05, 3.63) is 5.32 Å². The van der Waals surface area contributed by atoms with Gasteiger partial charge in [0, 0.05) is 5.92 Å². The predicted octanol–water partition coefficient (Wildman–Crippen LogP) is 3.79. The van der Waals surface area contributed by atoms with Crippen molar-refractivity contribution in [3.63, 3.8) is 0 Å². The molecule has 0 amide bonds. The lowest BCUT2D eigenvalue weighted by atomic mass is 9.74. The maximum absolute atomic E-state index is 12.6. The van der Waals surface area contributed by atoms with Crippen LogP contribution in [0.15, 0.2) is 0 Å². The van der Waals surface area contributed by atoms with Crippen molar-refractivity contribution in [1.29, 1.82) is 0 Å². The van der Waals surface area contributed by atoms with Gasteiger partial charge in [-0.25, -0.2) is 0 Å². The third-order valence-electron chi connectivity index (χ3n) is 3.59. The molecule has 2 nitrogen and oxygen atoms in total. The summed E-state index contributed by atoms with van der Waals surface area (Å²) in [6.45, 7) is 2.24. The zero-order chi connectivity index (χ0) is 14.9. The van der Waals surface area contributed by atoms with Gasteiger partial charge >= 0.3 is 12.4 Å². The second kappa shape index (κ2) is 5.47. The van der Waals surface area contributed by atoms with Gasteiger partial charge in [0.2, 0.25) is 0 Å².